The highest BCUT2D eigenvalue weighted by atomic mass is 16.5. The van der Waals surface area contributed by atoms with Gasteiger partial charge in [0.15, 0.2) is 6.61 Å². The number of carbonyl (C=O) groups is 2. The number of ether oxygens (including phenoxy) is 2. The predicted molar refractivity (Wildman–Crippen MR) is 101 cm³/mol. The van der Waals surface area contributed by atoms with Gasteiger partial charge >= 0.3 is 5.97 Å². The molecule has 1 N–H and O–H groups in total. The summed E-state index contributed by atoms with van der Waals surface area (Å²) in [5.41, 5.74) is 1.24. The van der Waals surface area contributed by atoms with Crippen LogP contribution in [0.2, 0.25) is 0 Å². The Morgan fingerprint density at radius 2 is 1.81 bits per heavy atom. The number of esters is 1. The molecule has 3 aromatic carbocycles. The maximum absolute atomic E-state index is 12.4. The minimum absolute atomic E-state index is 0.352. The van der Waals surface area contributed by atoms with Crippen molar-refractivity contribution in [3.63, 3.8) is 0 Å². The normalized spacial score (nSPS) is 10.1. The summed E-state index contributed by atoms with van der Waals surface area (Å²) < 4.78 is 10.4. The van der Waals surface area contributed by atoms with Crippen LogP contribution in [-0.4, -0.2) is 25.6 Å². The SMILES string of the molecule is COc1ccc(C(=O)OCC(=O)Nc2cccc(C#N)c2)c2ccccc12. The summed E-state index contributed by atoms with van der Waals surface area (Å²) in [7, 11) is 1.56. The number of anilines is 1. The van der Waals surface area contributed by atoms with Gasteiger partial charge in [0.2, 0.25) is 0 Å². The zero-order valence-electron chi connectivity index (χ0n) is 14.6. The largest absolute Gasteiger partial charge is 0.496 e. The van der Waals surface area contributed by atoms with Gasteiger partial charge in [0, 0.05) is 11.1 Å². The number of hydrogen-bond acceptors (Lipinski definition) is 5. The Hall–Kier alpha value is -3.85. The van der Waals surface area contributed by atoms with Gasteiger partial charge in [-0.15, -0.1) is 0 Å². The number of nitriles is 1. The zero-order valence-corrected chi connectivity index (χ0v) is 14.6. The minimum atomic E-state index is -0.602. The monoisotopic (exact) mass is 360 g/mol. The van der Waals surface area contributed by atoms with E-state index in [1.54, 1.807) is 43.5 Å². The first-order valence-corrected chi connectivity index (χ1v) is 8.15. The van der Waals surface area contributed by atoms with E-state index in [1.165, 1.54) is 6.07 Å². The van der Waals surface area contributed by atoms with Crippen molar-refractivity contribution in [3.05, 3.63) is 71.8 Å². The van der Waals surface area contributed by atoms with Crippen LogP contribution < -0.4 is 10.1 Å². The van der Waals surface area contributed by atoms with Crippen LogP contribution >= 0.6 is 0 Å². The molecule has 0 bridgehead atoms. The molecule has 6 nitrogen and oxygen atoms in total. The number of benzene rings is 3. The second kappa shape index (κ2) is 8.02. The number of hydrogen-bond donors (Lipinski definition) is 1. The molecule has 0 heterocycles. The molecule has 0 atom stereocenters. The molecule has 0 saturated heterocycles. The van der Waals surface area contributed by atoms with E-state index >= 15 is 0 Å². The summed E-state index contributed by atoms with van der Waals surface area (Å²) in [6, 6.07) is 19.1. The van der Waals surface area contributed by atoms with Gasteiger partial charge in [-0.3, -0.25) is 4.79 Å². The van der Waals surface area contributed by atoms with Crippen molar-refractivity contribution in [2.24, 2.45) is 0 Å². The van der Waals surface area contributed by atoms with Crippen LogP contribution in [0.3, 0.4) is 0 Å². The second-order valence-electron chi connectivity index (χ2n) is 5.68. The highest BCUT2D eigenvalue weighted by Crippen LogP contribution is 2.28. The number of rotatable bonds is 5. The third-order valence-corrected chi connectivity index (χ3v) is 3.93. The molecule has 0 radical (unpaired) electrons. The van der Waals surface area contributed by atoms with Crippen molar-refractivity contribution in [1.82, 2.24) is 0 Å². The van der Waals surface area contributed by atoms with E-state index in [9.17, 15) is 9.59 Å². The van der Waals surface area contributed by atoms with Gasteiger partial charge in [-0.1, -0.05) is 30.3 Å². The lowest BCUT2D eigenvalue weighted by molar-refractivity contribution is -0.119. The van der Waals surface area contributed by atoms with E-state index in [1.807, 2.05) is 24.3 Å². The van der Waals surface area contributed by atoms with Crippen molar-refractivity contribution >= 4 is 28.3 Å². The summed E-state index contributed by atoms with van der Waals surface area (Å²) in [5.74, 6) is -0.441. The second-order valence-corrected chi connectivity index (χ2v) is 5.68. The molecule has 27 heavy (non-hydrogen) atoms. The van der Waals surface area contributed by atoms with Gasteiger partial charge in [0.1, 0.15) is 5.75 Å². The Labute approximate surface area is 155 Å². The smallest absolute Gasteiger partial charge is 0.339 e. The summed E-state index contributed by atoms with van der Waals surface area (Å²) in [4.78, 5) is 24.5. The van der Waals surface area contributed by atoms with Crippen LogP contribution in [0.25, 0.3) is 10.8 Å². The standard InChI is InChI=1S/C21H16N2O4/c1-26-19-10-9-18(16-7-2-3-8-17(16)19)21(25)27-13-20(24)23-15-6-4-5-14(11-15)12-22/h2-11H,13H2,1H3,(H,23,24). The average Bonchev–Trinajstić information content (AvgIpc) is 2.71. The number of fused-ring (bicyclic) bond motifs is 1. The van der Waals surface area contributed by atoms with Crippen molar-refractivity contribution in [2.75, 3.05) is 19.0 Å². The molecule has 0 saturated carbocycles. The van der Waals surface area contributed by atoms with E-state index in [2.05, 4.69) is 5.32 Å². The van der Waals surface area contributed by atoms with Gasteiger partial charge in [0.25, 0.3) is 5.91 Å². The summed E-state index contributed by atoms with van der Waals surface area (Å²) >= 11 is 0. The Kier molecular flexibility index (Phi) is 5.33. The van der Waals surface area contributed by atoms with Gasteiger partial charge in [-0.2, -0.15) is 5.26 Å². The number of carbonyl (C=O) groups excluding carboxylic acids is 2. The van der Waals surface area contributed by atoms with Crippen molar-refractivity contribution in [3.8, 4) is 11.8 Å². The maximum atomic E-state index is 12.4. The topological polar surface area (TPSA) is 88.4 Å². The molecular weight excluding hydrogens is 344 g/mol. The first-order valence-electron chi connectivity index (χ1n) is 8.15. The van der Waals surface area contributed by atoms with E-state index in [4.69, 9.17) is 14.7 Å². The Morgan fingerprint density at radius 1 is 1.04 bits per heavy atom. The molecule has 3 rings (SSSR count). The van der Waals surface area contributed by atoms with E-state index in [-0.39, 0.29) is 0 Å². The number of nitrogens with zero attached hydrogens (tertiary/aromatic N) is 1. The van der Waals surface area contributed by atoms with Gasteiger partial charge < -0.3 is 14.8 Å². The summed E-state index contributed by atoms with van der Waals surface area (Å²) in [6.07, 6.45) is 0. The molecule has 0 aliphatic rings. The summed E-state index contributed by atoms with van der Waals surface area (Å²) in [6.45, 7) is -0.435. The fraction of sp³-hybridized carbons (Fsp3) is 0.0952. The molecule has 1 amide bonds. The first kappa shape index (κ1) is 18.0. The molecule has 6 heteroatoms. The Bertz CT molecular complexity index is 1050. The van der Waals surface area contributed by atoms with Crippen LogP contribution in [-0.2, 0) is 9.53 Å². The fourth-order valence-electron chi connectivity index (χ4n) is 2.70. The Balaban J connectivity index is 1.70. The third kappa shape index (κ3) is 4.05. The quantitative estimate of drug-likeness (QED) is 0.703. The molecule has 3 aromatic rings. The van der Waals surface area contributed by atoms with E-state index < -0.39 is 18.5 Å². The predicted octanol–water partition coefficient (Wildman–Crippen LogP) is 3.52. The number of nitrogens with one attached hydrogen (secondary N) is 1. The number of amides is 1. The van der Waals surface area contributed by atoms with E-state index in [0.717, 1.165) is 5.39 Å². The molecular formula is C21H16N2O4. The van der Waals surface area contributed by atoms with Gasteiger partial charge in [-0.05, 0) is 35.7 Å². The molecule has 0 fully saturated rings. The molecule has 0 aliphatic heterocycles. The molecule has 0 aliphatic carbocycles. The minimum Gasteiger partial charge on any atom is -0.496 e. The number of methoxy groups -OCH3 is 1. The van der Waals surface area contributed by atoms with Crippen molar-refractivity contribution in [1.29, 1.82) is 5.26 Å². The van der Waals surface area contributed by atoms with E-state index in [0.29, 0.717) is 28.0 Å². The molecule has 0 unspecified atom stereocenters. The Morgan fingerprint density at radius 3 is 2.56 bits per heavy atom. The van der Waals surface area contributed by atoms with Crippen LogP contribution in [0, 0.1) is 11.3 Å². The van der Waals surface area contributed by atoms with Crippen molar-refractivity contribution in [2.45, 2.75) is 0 Å². The summed E-state index contributed by atoms with van der Waals surface area (Å²) in [5, 5.41) is 12.9. The zero-order chi connectivity index (χ0) is 19.2. The lowest BCUT2D eigenvalue weighted by Crippen LogP contribution is -2.21. The highest BCUT2D eigenvalue weighted by molar-refractivity contribution is 6.07. The highest BCUT2D eigenvalue weighted by Gasteiger charge is 2.15. The molecule has 0 spiro atoms. The van der Waals surface area contributed by atoms with Crippen LogP contribution in [0.1, 0.15) is 15.9 Å². The van der Waals surface area contributed by atoms with Crippen LogP contribution in [0.15, 0.2) is 60.7 Å². The fourth-order valence-corrected chi connectivity index (χ4v) is 2.70. The van der Waals surface area contributed by atoms with Crippen LogP contribution in [0.4, 0.5) is 5.69 Å². The van der Waals surface area contributed by atoms with Gasteiger partial charge in [-0.25, -0.2) is 4.79 Å². The first-order chi connectivity index (χ1) is 13.1. The van der Waals surface area contributed by atoms with Crippen molar-refractivity contribution < 1.29 is 19.1 Å². The molecule has 134 valence electrons. The third-order valence-electron chi connectivity index (χ3n) is 3.93. The molecule has 0 aromatic heterocycles. The van der Waals surface area contributed by atoms with Gasteiger partial charge in [0.05, 0.1) is 24.3 Å². The average molecular weight is 360 g/mol. The van der Waals surface area contributed by atoms with Crippen LogP contribution in [0.5, 0.6) is 5.75 Å². The lowest BCUT2D eigenvalue weighted by Gasteiger charge is -2.10. The lowest BCUT2D eigenvalue weighted by atomic mass is 10.0. The maximum Gasteiger partial charge on any atom is 0.339 e.